The molecule has 0 atom stereocenters. The van der Waals surface area contributed by atoms with E-state index in [1.165, 1.54) is 20.0 Å². The Morgan fingerprint density at radius 2 is 1.71 bits per heavy atom. The van der Waals surface area contributed by atoms with Gasteiger partial charge >= 0.3 is 0 Å². The molecule has 0 aliphatic heterocycles. The lowest BCUT2D eigenvalue weighted by molar-refractivity contribution is -0.121. The fraction of sp³-hybridized carbons (Fsp3) is 0.556. The van der Waals surface area contributed by atoms with Crippen molar-refractivity contribution in [2.75, 3.05) is 27.3 Å². The quantitative estimate of drug-likeness (QED) is 0.714. The summed E-state index contributed by atoms with van der Waals surface area (Å²) >= 11 is 0. The Hall–Kier alpha value is -2.24. The van der Waals surface area contributed by atoms with Crippen molar-refractivity contribution in [1.82, 2.24) is 10.6 Å². The Bertz CT molecular complexity index is 568. The second kappa shape index (κ2) is 9.15. The number of carbonyl (C=O) groups excluding carboxylic acids is 2. The Morgan fingerprint density at radius 1 is 1.04 bits per heavy atom. The van der Waals surface area contributed by atoms with Crippen molar-refractivity contribution in [3.8, 4) is 11.5 Å². The molecule has 0 aromatic heterocycles. The zero-order valence-electron chi connectivity index (χ0n) is 14.4. The van der Waals surface area contributed by atoms with E-state index in [1.54, 1.807) is 25.3 Å². The van der Waals surface area contributed by atoms with Gasteiger partial charge in [-0.05, 0) is 37.0 Å². The Kier molecular flexibility index (Phi) is 6.90. The number of benzene rings is 1. The van der Waals surface area contributed by atoms with Gasteiger partial charge in [0, 0.05) is 25.1 Å². The average Bonchev–Trinajstić information content (AvgIpc) is 3.10. The minimum Gasteiger partial charge on any atom is -0.493 e. The van der Waals surface area contributed by atoms with Gasteiger partial charge in [0.1, 0.15) is 0 Å². The third-order valence-corrected chi connectivity index (χ3v) is 4.33. The molecule has 0 saturated heterocycles. The average molecular weight is 334 g/mol. The number of nitrogens with one attached hydrogen (secondary N) is 2. The van der Waals surface area contributed by atoms with Crippen LogP contribution in [0.4, 0.5) is 0 Å². The molecule has 1 saturated carbocycles. The van der Waals surface area contributed by atoms with E-state index < -0.39 is 0 Å². The molecule has 2 N–H and O–H groups in total. The SMILES string of the molecule is COc1ccc(C(=O)NCCNC(=O)CC2CCCC2)cc1OC. The van der Waals surface area contributed by atoms with E-state index in [4.69, 9.17) is 9.47 Å². The van der Waals surface area contributed by atoms with Crippen LogP contribution in [0, 0.1) is 5.92 Å². The van der Waals surface area contributed by atoms with Gasteiger partial charge in [-0.25, -0.2) is 0 Å². The van der Waals surface area contributed by atoms with Crippen LogP contribution in [0.5, 0.6) is 11.5 Å². The van der Waals surface area contributed by atoms with Crippen molar-refractivity contribution in [1.29, 1.82) is 0 Å². The lowest BCUT2D eigenvalue weighted by atomic mass is 10.0. The highest BCUT2D eigenvalue weighted by Gasteiger charge is 2.18. The molecule has 0 radical (unpaired) electrons. The van der Waals surface area contributed by atoms with Crippen LogP contribution >= 0.6 is 0 Å². The molecule has 0 unspecified atom stereocenters. The maximum Gasteiger partial charge on any atom is 0.251 e. The highest BCUT2D eigenvalue weighted by Crippen LogP contribution is 2.28. The van der Waals surface area contributed by atoms with Gasteiger partial charge in [0.25, 0.3) is 5.91 Å². The lowest BCUT2D eigenvalue weighted by Crippen LogP contribution is -2.35. The molecule has 6 nitrogen and oxygen atoms in total. The Balaban J connectivity index is 1.71. The first-order valence-corrected chi connectivity index (χ1v) is 8.41. The minimum atomic E-state index is -0.207. The van der Waals surface area contributed by atoms with Gasteiger partial charge in [-0.2, -0.15) is 0 Å². The molecule has 1 aromatic rings. The maximum atomic E-state index is 12.1. The molecule has 132 valence electrons. The van der Waals surface area contributed by atoms with Gasteiger partial charge < -0.3 is 20.1 Å². The maximum absolute atomic E-state index is 12.1. The summed E-state index contributed by atoms with van der Waals surface area (Å²) in [5.41, 5.74) is 0.491. The van der Waals surface area contributed by atoms with E-state index in [-0.39, 0.29) is 11.8 Å². The second-order valence-electron chi connectivity index (χ2n) is 6.03. The van der Waals surface area contributed by atoms with Crippen LogP contribution in [0.3, 0.4) is 0 Å². The van der Waals surface area contributed by atoms with Crippen LogP contribution in [0.25, 0.3) is 0 Å². The molecular formula is C18H26N2O4. The monoisotopic (exact) mass is 334 g/mol. The Morgan fingerprint density at radius 3 is 2.38 bits per heavy atom. The first-order valence-electron chi connectivity index (χ1n) is 8.41. The number of methoxy groups -OCH3 is 2. The second-order valence-corrected chi connectivity index (χ2v) is 6.03. The zero-order chi connectivity index (χ0) is 17.4. The van der Waals surface area contributed by atoms with Gasteiger partial charge in [0.2, 0.25) is 5.91 Å². The minimum absolute atomic E-state index is 0.0715. The molecule has 1 aliphatic carbocycles. The van der Waals surface area contributed by atoms with Crippen LogP contribution in [0.15, 0.2) is 18.2 Å². The van der Waals surface area contributed by atoms with E-state index in [0.29, 0.717) is 42.5 Å². The highest BCUT2D eigenvalue weighted by atomic mass is 16.5. The smallest absolute Gasteiger partial charge is 0.251 e. The molecule has 1 aliphatic rings. The van der Waals surface area contributed by atoms with Crippen LogP contribution in [0.1, 0.15) is 42.5 Å². The molecule has 24 heavy (non-hydrogen) atoms. The standard InChI is InChI=1S/C18H26N2O4/c1-23-15-8-7-14(12-16(15)24-2)18(22)20-10-9-19-17(21)11-13-5-3-4-6-13/h7-8,12-13H,3-6,9-11H2,1-2H3,(H,19,21)(H,20,22). The first-order chi connectivity index (χ1) is 11.6. The van der Waals surface area contributed by atoms with Gasteiger partial charge in [-0.3, -0.25) is 9.59 Å². The zero-order valence-corrected chi connectivity index (χ0v) is 14.4. The molecule has 1 fully saturated rings. The van der Waals surface area contributed by atoms with Crippen LogP contribution in [-0.2, 0) is 4.79 Å². The molecule has 2 amide bonds. The van der Waals surface area contributed by atoms with Crippen LogP contribution < -0.4 is 20.1 Å². The summed E-state index contributed by atoms with van der Waals surface area (Å²) in [6.07, 6.45) is 5.38. The van der Waals surface area contributed by atoms with Gasteiger partial charge in [-0.1, -0.05) is 12.8 Å². The largest absolute Gasteiger partial charge is 0.493 e. The molecular weight excluding hydrogens is 308 g/mol. The van der Waals surface area contributed by atoms with Crippen LogP contribution in [-0.4, -0.2) is 39.1 Å². The van der Waals surface area contributed by atoms with Gasteiger partial charge in [0.15, 0.2) is 11.5 Å². The van der Waals surface area contributed by atoms with Gasteiger partial charge in [0.05, 0.1) is 14.2 Å². The summed E-state index contributed by atoms with van der Waals surface area (Å²) in [5.74, 6) is 1.48. The summed E-state index contributed by atoms with van der Waals surface area (Å²) < 4.78 is 10.3. The lowest BCUT2D eigenvalue weighted by Gasteiger charge is -2.11. The van der Waals surface area contributed by atoms with Gasteiger partial charge in [-0.15, -0.1) is 0 Å². The topological polar surface area (TPSA) is 76.7 Å². The summed E-state index contributed by atoms with van der Waals surface area (Å²) in [4.78, 5) is 23.9. The van der Waals surface area contributed by atoms with Crippen molar-refractivity contribution < 1.29 is 19.1 Å². The first kappa shape index (κ1) is 18.1. The third-order valence-electron chi connectivity index (χ3n) is 4.33. The predicted molar refractivity (Wildman–Crippen MR) is 91.5 cm³/mol. The molecule has 0 bridgehead atoms. The summed E-state index contributed by atoms with van der Waals surface area (Å²) in [6, 6.07) is 5.00. The highest BCUT2D eigenvalue weighted by molar-refractivity contribution is 5.94. The van der Waals surface area contributed by atoms with E-state index in [2.05, 4.69) is 10.6 Å². The van der Waals surface area contributed by atoms with Crippen molar-refractivity contribution in [3.05, 3.63) is 23.8 Å². The van der Waals surface area contributed by atoms with Crippen molar-refractivity contribution in [2.24, 2.45) is 5.92 Å². The summed E-state index contributed by atoms with van der Waals surface area (Å²) in [5, 5.41) is 5.65. The molecule has 2 rings (SSSR count). The number of rotatable bonds is 8. The van der Waals surface area contributed by atoms with E-state index in [1.807, 2.05) is 0 Å². The summed E-state index contributed by atoms with van der Waals surface area (Å²) in [6.45, 7) is 0.828. The fourth-order valence-electron chi connectivity index (χ4n) is 3.01. The predicted octanol–water partition coefficient (Wildman–Crippen LogP) is 2.13. The summed E-state index contributed by atoms with van der Waals surface area (Å²) in [7, 11) is 3.07. The molecule has 6 heteroatoms. The molecule has 0 spiro atoms. The van der Waals surface area contributed by atoms with E-state index in [9.17, 15) is 9.59 Å². The van der Waals surface area contributed by atoms with Crippen molar-refractivity contribution >= 4 is 11.8 Å². The molecule has 0 heterocycles. The Labute approximate surface area is 142 Å². The third kappa shape index (κ3) is 5.15. The number of carbonyl (C=O) groups is 2. The normalized spacial score (nSPS) is 14.2. The molecule has 1 aromatic carbocycles. The van der Waals surface area contributed by atoms with E-state index in [0.717, 1.165) is 12.8 Å². The van der Waals surface area contributed by atoms with E-state index >= 15 is 0 Å². The van der Waals surface area contributed by atoms with Crippen molar-refractivity contribution in [2.45, 2.75) is 32.1 Å². The fourth-order valence-corrected chi connectivity index (χ4v) is 3.01. The number of hydrogen-bond acceptors (Lipinski definition) is 4. The van der Waals surface area contributed by atoms with Crippen LogP contribution in [0.2, 0.25) is 0 Å². The number of amides is 2. The number of hydrogen-bond donors (Lipinski definition) is 2. The number of ether oxygens (including phenoxy) is 2. The van der Waals surface area contributed by atoms with Crippen molar-refractivity contribution in [3.63, 3.8) is 0 Å².